The summed E-state index contributed by atoms with van der Waals surface area (Å²) in [6.45, 7) is 8.59. The van der Waals surface area contributed by atoms with E-state index >= 15 is 0 Å². The van der Waals surface area contributed by atoms with Crippen molar-refractivity contribution in [3.05, 3.63) is 29.3 Å². The van der Waals surface area contributed by atoms with Crippen molar-refractivity contribution in [1.29, 1.82) is 0 Å². The van der Waals surface area contributed by atoms with Gasteiger partial charge in [-0.2, -0.15) is 0 Å². The number of rotatable bonds is 2. The first kappa shape index (κ1) is 11.5. The van der Waals surface area contributed by atoms with Crippen molar-refractivity contribution < 1.29 is 0 Å². The monoisotopic (exact) mass is 218 g/mol. The van der Waals surface area contributed by atoms with E-state index in [1.807, 2.05) is 0 Å². The molecule has 16 heavy (non-hydrogen) atoms. The van der Waals surface area contributed by atoms with Crippen molar-refractivity contribution >= 4 is 5.69 Å². The highest BCUT2D eigenvalue weighted by molar-refractivity contribution is 5.59. The third-order valence-corrected chi connectivity index (χ3v) is 3.41. The first-order valence-corrected chi connectivity index (χ1v) is 6.11. The van der Waals surface area contributed by atoms with Gasteiger partial charge in [0.15, 0.2) is 0 Å². The highest BCUT2D eigenvalue weighted by Crippen LogP contribution is 2.36. The molecule has 3 N–H and O–H groups in total. The molecular formula is C14H22N2. The van der Waals surface area contributed by atoms with E-state index < -0.39 is 0 Å². The molecule has 0 saturated carbocycles. The third-order valence-electron chi connectivity index (χ3n) is 3.41. The number of fused-ring (bicyclic) bond motifs is 1. The van der Waals surface area contributed by atoms with Gasteiger partial charge in [0.2, 0.25) is 0 Å². The van der Waals surface area contributed by atoms with Crippen LogP contribution in [0.25, 0.3) is 0 Å². The second-order valence-electron chi connectivity index (χ2n) is 5.71. The third kappa shape index (κ3) is 2.07. The molecule has 0 fully saturated rings. The Hall–Kier alpha value is -1.02. The van der Waals surface area contributed by atoms with Crippen molar-refractivity contribution in [2.75, 3.05) is 18.4 Å². The van der Waals surface area contributed by atoms with Gasteiger partial charge in [-0.1, -0.05) is 32.9 Å². The fourth-order valence-corrected chi connectivity index (χ4v) is 2.33. The van der Waals surface area contributed by atoms with Gasteiger partial charge in [-0.25, -0.2) is 0 Å². The quantitative estimate of drug-likeness (QED) is 0.801. The van der Waals surface area contributed by atoms with Gasteiger partial charge in [0.05, 0.1) is 0 Å². The van der Waals surface area contributed by atoms with Crippen molar-refractivity contribution in [2.24, 2.45) is 5.73 Å². The molecule has 0 spiro atoms. The lowest BCUT2D eigenvalue weighted by Gasteiger charge is -2.20. The molecule has 0 bridgehead atoms. The van der Waals surface area contributed by atoms with Crippen LogP contribution in [0.15, 0.2) is 18.2 Å². The Kier molecular flexibility index (Phi) is 2.94. The van der Waals surface area contributed by atoms with Crippen LogP contribution >= 0.6 is 0 Å². The lowest BCUT2D eigenvalue weighted by Crippen LogP contribution is -2.12. The Labute approximate surface area is 98.2 Å². The van der Waals surface area contributed by atoms with Crippen LogP contribution in [-0.2, 0) is 5.41 Å². The number of hydrogen-bond acceptors (Lipinski definition) is 2. The molecule has 1 aromatic rings. The van der Waals surface area contributed by atoms with E-state index in [1.165, 1.54) is 16.8 Å². The summed E-state index contributed by atoms with van der Waals surface area (Å²) in [6, 6.07) is 6.80. The first-order chi connectivity index (χ1) is 7.52. The molecule has 1 atom stereocenters. The first-order valence-electron chi connectivity index (χ1n) is 6.11. The fraction of sp³-hybridized carbons (Fsp3) is 0.571. The molecule has 0 amide bonds. The summed E-state index contributed by atoms with van der Waals surface area (Å²) in [6.07, 6.45) is 1.08. The Morgan fingerprint density at radius 3 is 2.75 bits per heavy atom. The normalized spacial score (nSPS) is 19.4. The van der Waals surface area contributed by atoms with E-state index in [0.29, 0.717) is 5.92 Å². The summed E-state index contributed by atoms with van der Waals surface area (Å²) < 4.78 is 0. The van der Waals surface area contributed by atoms with Crippen molar-refractivity contribution in [1.82, 2.24) is 0 Å². The number of benzene rings is 1. The molecule has 2 heteroatoms. The van der Waals surface area contributed by atoms with Crippen molar-refractivity contribution in [3.8, 4) is 0 Å². The maximum Gasteiger partial charge on any atom is 0.0376 e. The summed E-state index contributed by atoms with van der Waals surface area (Å²) in [5, 5.41) is 3.46. The van der Waals surface area contributed by atoms with Crippen LogP contribution in [0.1, 0.15) is 44.2 Å². The average Bonchev–Trinajstić information content (AvgIpc) is 2.60. The molecule has 88 valence electrons. The van der Waals surface area contributed by atoms with Crippen LogP contribution in [0.5, 0.6) is 0 Å². The summed E-state index contributed by atoms with van der Waals surface area (Å²) >= 11 is 0. The summed E-state index contributed by atoms with van der Waals surface area (Å²) in [7, 11) is 0. The van der Waals surface area contributed by atoms with Crippen LogP contribution in [0.2, 0.25) is 0 Å². The highest BCUT2D eigenvalue weighted by atomic mass is 14.9. The average molecular weight is 218 g/mol. The smallest absolute Gasteiger partial charge is 0.0376 e. The topological polar surface area (TPSA) is 38.0 Å². The Morgan fingerprint density at radius 2 is 2.12 bits per heavy atom. The van der Waals surface area contributed by atoms with Crippen LogP contribution in [0.4, 0.5) is 5.69 Å². The molecule has 1 heterocycles. The van der Waals surface area contributed by atoms with Gasteiger partial charge in [0.25, 0.3) is 0 Å². The van der Waals surface area contributed by atoms with Crippen LogP contribution in [-0.4, -0.2) is 13.1 Å². The van der Waals surface area contributed by atoms with Gasteiger partial charge in [0.1, 0.15) is 0 Å². The Morgan fingerprint density at radius 1 is 1.38 bits per heavy atom. The second-order valence-corrected chi connectivity index (χ2v) is 5.71. The maximum atomic E-state index is 5.66. The van der Waals surface area contributed by atoms with E-state index in [4.69, 9.17) is 5.73 Å². The van der Waals surface area contributed by atoms with E-state index in [9.17, 15) is 0 Å². The minimum absolute atomic E-state index is 0.227. The summed E-state index contributed by atoms with van der Waals surface area (Å²) in [5.41, 5.74) is 10.1. The van der Waals surface area contributed by atoms with Crippen LogP contribution < -0.4 is 11.1 Å². The largest absolute Gasteiger partial charge is 0.384 e. The van der Waals surface area contributed by atoms with E-state index in [0.717, 1.165) is 19.5 Å². The SMILES string of the molecule is CC(C)(C)c1ccc2c(c1)C(CCN)CN2. The Bertz CT molecular complexity index is 375. The van der Waals surface area contributed by atoms with Crippen molar-refractivity contribution in [2.45, 2.75) is 38.5 Å². The molecule has 1 aromatic carbocycles. The molecule has 1 aliphatic rings. The highest BCUT2D eigenvalue weighted by Gasteiger charge is 2.23. The van der Waals surface area contributed by atoms with Gasteiger partial charge in [0, 0.05) is 18.2 Å². The standard InChI is InChI=1S/C14H22N2/c1-14(2,3)11-4-5-13-12(8-11)10(6-7-15)9-16-13/h4-5,8,10,16H,6-7,9,15H2,1-3H3. The second kappa shape index (κ2) is 4.10. The van der Waals surface area contributed by atoms with E-state index in [2.05, 4.69) is 44.3 Å². The van der Waals surface area contributed by atoms with Gasteiger partial charge in [-0.05, 0) is 35.6 Å². The zero-order chi connectivity index (χ0) is 11.8. The van der Waals surface area contributed by atoms with Crippen molar-refractivity contribution in [3.63, 3.8) is 0 Å². The molecule has 0 aromatic heterocycles. The molecule has 0 radical (unpaired) electrons. The Balaban J connectivity index is 2.34. The zero-order valence-corrected chi connectivity index (χ0v) is 10.5. The van der Waals surface area contributed by atoms with Crippen LogP contribution in [0, 0.1) is 0 Å². The molecule has 2 rings (SSSR count). The number of anilines is 1. The van der Waals surface area contributed by atoms with Gasteiger partial charge in [-0.15, -0.1) is 0 Å². The molecular weight excluding hydrogens is 196 g/mol. The molecule has 1 unspecified atom stereocenters. The zero-order valence-electron chi connectivity index (χ0n) is 10.5. The fourth-order valence-electron chi connectivity index (χ4n) is 2.33. The number of nitrogens with one attached hydrogen (secondary N) is 1. The lowest BCUT2D eigenvalue weighted by molar-refractivity contribution is 0.587. The van der Waals surface area contributed by atoms with E-state index in [-0.39, 0.29) is 5.41 Å². The maximum absolute atomic E-state index is 5.66. The lowest BCUT2D eigenvalue weighted by atomic mass is 9.84. The molecule has 1 aliphatic heterocycles. The molecule has 0 aliphatic carbocycles. The summed E-state index contributed by atoms with van der Waals surface area (Å²) in [5.74, 6) is 0.599. The van der Waals surface area contributed by atoms with E-state index in [1.54, 1.807) is 0 Å². The molecule has 0 saturated heterocycles. The summed E-state index contributed by atoms with van der Waals surface area (Å²) in [4.78, 5) is 0. The van der Waals surface area contributed by atoms with Crippen LogP contribution in [0.3, 0.4) is 0 Å². The molecule has 2 nitrogen and oxygen atoms in total. The predicted molar refractivity (Wildman–Crippen MR) is 70.0 cm³/mol. The predicted octanol–water partition coefficient (Wildman–Crippen LogP) is 2.84. The van der Waals surface area contributed by atoms with Gasteiger partial charge < -0.3 is 11.1 Å². The van der Waals surface area contributed by atoms with Gasteiger partial charge in [-0.3, -0.25) is 0 Å². The minimum Gasteiger partial charge on any atom is -0.384 e. The number of nitrogens with two attached hydrogens (primary N) is 1. The number of hydrogen-bond donors (Lipinski definition) is 2. The van der Waals surface area contributed by atoms with Gasteiger partial charge >= 0.3 is 0 Å². The minimum atomic E-state index is 0.227.